The van der Waals surface area contributed by atoms with Crippen LogP contribution in [0.3, 0.4) is 0 Å². The maximum Gasteiger partial charge on any atom is 0.244 e. The van der Waals surface area contributed by atoms with Gasteiger partial charge in [-0.3, -0.25) is 13.9 Å². The number of hydrogen-bond donors (Lipinski definition) is 1. The summed E-state index contributed by atoms with van der Waals surface area (Å²) < 4.78 is 32.0. The van der Waals surface area contributed by atoms with Crippen LogP contribution in [0.1, 0.15) is 18.9 Å². The Bertz CT molecular complexity index is 1290. The van der Waals surface area contributed by atoms with E-state index in [1.807, 2.05) is 49.4 Å². The van der Waals surface area contributed by atoms with Crippen molar-refractivity contribution in [3.63, 3.8) is 0 Å². The van der Waals surface area contributed by atoms with Crippen LogP contribution >= 0.6 is 0 Å². The summed E-state index contributed by atoms with van der Waals surface area (Å²) in [7, 11) is -0.729. The number of carbonyl (C=O) groups is 2. The van der Waals surface area contributed by atoms with Crippen LogP contribution in [-0.4, -0.2) is 58.1 Å². The first-order valence-electron chi connectivity index (χ1n) is 11.3. The van der Waals surface area contributed by atoms with Gasteiger partial charge in [0.2, 0.25) is 21.8 Å². The summed E-state index contributed by atoms with van der Waals surface area (Å²) in [5.41, 5.74) is 1.20. The number of ether oxygens (including phenoxy) is 1. The molecule has 0 bridgehead atoms. The molecule has 0 spiro atoms. The minimum atomic E-state index is -3.81. The molecule has 0 aromatic heterocycles. The van der Waals surface area contributed by atoms with Gasteiger partial charge < -0.3 is 15.0 Å². The highest BCUT2D eigenvalue weighted by molar-refractivity contribution is 7.92. The summed E-state index contributed by atoms with van der Waals surface area (Å²) in [5, 5.41) is 4.19. The summed E-state index contributed by atoms with van der Waals surface area (Å²) in [6, 6.07) is 19.1. The highest BCUT2D eigenvalue weighted by atomic mass is 32.2. The van der Waals surface area contributed by atoms with E-state index in [-0.39, 0.29) is 12.5 Å². The maximum atomic E-state index is 13.7. The van der Waals surface area contributed by atoms with Crippen molar-refractivity contribution in [3.05, 3.63) is 72.3 Å². The molecule has 2 amide bonds. The molecule has 0 aliphatic heterocycles. The van der Waals surface area contributed by atoms with Crippen molar-refractivity contribution >= 4 is 38.3 Å². The van der Waals surface area contributed by atoms with Gasteiger partial charge in [-0.1, -0.05) is 55.5 Å². The second-order valence-corrected chi connectivity index (χ2v) is 10.1. The van der Waals surface area contributed by atoms with Crippen LogP contribution < -0.4 is 14.4 Å². The Labute approximate surface area is 206 Å². The second-order valence-electron chi connectivity index (χ2n) is 8.18. The summed E-state index contributed by atoms with van der Waals surface area (Å²) >= 11 is 0. The fourth-order valence-electron chi connectivity index (χ4n) is 4.03. The lowest BCUT2D eigenvalue weighted by atomic mass is 10.1. The summed E-state index contributed by atoms with van der Waals surface area (Å²) in [5.74, 6) is -0.121. The lowest BCUT2D eigenvalue weighted by Gasteiger charge is -2.32. The zero-order chi connectivity index (χ0) is 25.6. The van der Waals surface area contributed by atoms with Gasteiger partial charge in [0.25, 0.3) is 0 Å². The fourth-order valence-corrected chi connectivity index (χ4v) is 4.90. The number of fused-ring (bicyclic) bond motifs is 1. The number of nitrogens with one attached hydrogen (secondary N) is 1. The molecule has 0 aliphatic carbocycles. The predicted octanol–water partition coefficient (Wildman–Crippen LogP) is 3.17. The van der Waals surface area contributed by atoms with Gasteiger partial charge in [0.15, 0.2) is 0 Å². The predicted molar refractivity (Wildman–Crippen MR) is 138 cm³/mol. The van der Waals surface area contributed by atoms with E-state index in [0.29, 0.717) is 23.2 Å². The van der Waals surface area contributed by atoms with E-state index >= 15 is 0 Å². The number of hydrogen-bond acceptors (Lipinski definition) is 5. The van der Waals surface area contributed by atoms with E-state index < -0.39 is 28.5 Å². The Morgan fingerprint density at radius 1 is 1.00 bits per heavy atom. The van der Waals surface area contributed by atoms with Crippen LogP contribution in [0.15, 0.2) is 66.7 Å². The van der Waals surface area contributed by atoms with Crippen molar-refractivity contribution in [3.8, 4) is 5.75 Å². The molecular weight excluding hydrogens is 466 g/mol. The number of sulfonamides is 1. The van der Waals surface area contributed by atoms with E-state index in [0.717, 1.165) is 21.5 Å². The van der Waals surface area contributed by atoms with Crippen LogP contribution in [0.25, 0.3) is 10.8 Å². The van der Waals surface area contributed by atoms with Gasteiger partial charge in [-0.15, -0.1) is 0 Å². The lowest BCUT2D eigenvalue weighted by Crippen LogP contribution is -2.51. The van der Waals surface area contributed by atoms with Crippen LogP contribution in [0.4, 0.5) is 5.69 Å². The quantitative estimate of drug-likeness (QED) is 0.464. The van der Waals surface area contributed by atoms with Crippen molar-refractivity contribution < 1.29 is 22.7 Å². The monoisotopic (exact) mass is 497 g/mol. The number of amides is 2. The van der Waals surface area contributed by atoms with Gasteiger partial charge in [-0.05, 0) is 35.6 Å². The van der Waals surface area contributed by atoms with Gasteiger partial charge in [0.05, 0.1) is 19.1 Å². The van der Waals surface area contributed by atoms with Gasteiger partial charge >= 0.3 is 0 Å². The highest BCUT2D eigenvalue weighted by Crippen LogP contribution is 2.29. The fraction of sp³-hybridized carbons (Fsp3) is 0.308. The minimum absolute atomic E-state index is 0.141. The molecule has 0 saturated carbocycles. The molecule has 3 aromatic carbocycles. The van der Waals surface area contributed by atoms with E-state index in [4.69, 9.17) is 4.74 Å². The SMILES string of the molecule is CC[C@H](C(=O)NC)N(Cc1ccc(OC)cc1)C(=O)CN(c1cccc2ccccc12)S(C)(=O)=O. The topological polar surface area (TPSA) is 96.0 Å². The van der Waals surface area contributed by atoms with Crippen molar-refractivity contribution in [2.75, 3.05) is 31.3 Å². The average molecular weight is 498 g/mol. The molecule has 1 N–H and O–H groups in total. The summed E-state index contributed by atoms with van der Waals surface area (Å²) in [4.78, 5) is 27.8. The number of methoxy groups -OCH3 is 1. The molecule has 0 fully saturated rings. The van der Waals surface area contributed by atoms with Gasteiger partial charge in [-0.2, -0.15) is 0 Å². The molecule has 0 heterocycles. The Kier molecular flexibility index (Phi) is 8.34. The Morgan fingerprint density at radius 3 is 2.26 bits per heavy atom. The van der Waals surface area contributed by atoms with Gasteiger partial charge in [0.1, 0.15) is 18.3 Å². The smallest absolute Gasteiger partial charge is 0.244 e. The molecule has 0 saturated heterocycles. The molecule has 8 nitrogen and oxygen atoms in total. The normalized spacial score (nSPS) is 12.1. The zero-order valence-electron chi connectivity index (χ0n) is 20.4. The largest absolute Gasteiger partial charge is 0.497 e. The number of benzene rings is 3. The minimum Gasteiger partial charge on any atom is -0.497 e. The van der Waals surface area contributed by atoms with E-state index in [1.165, 1.54) is 11.9 Å². The standard InChI is InChI=1S/C26H31N3O5S/c1-5-23(26(31)27-2)28(17-19-13-15-21(34-3)16-14-19)25(30)18-29(35(4,32)33)24-12-8-10-20-9-6-7-11-22(20)24/h6-16,23H,5,17-18H2,1-4H3,(H,27,31)/t23-/m1/s1. The molecule has 35 heavy (non-hydrogen) atoms. The van der Waals surface area contributed by atoms with Gasteiger partial charge in [-0.25, -0.2) is 8.42 Å². The molecule has 3 rings (SSSR count). The number of rotatable bonds is 10. The first-order chi connectivity index (χ1) is 16.7. The number of carbonyl (C=O) groups excluding carboxylic acids is 2. The van der Waals surface area contributed by atoms with Crippen molar-refractivity contribution in [1.82, 2.24) is 10.2 Å². The molecule has 3 aromatic rings. The van der Waals surface area contributed by atoms with Crippen LogP contribution in [-0.2, 0) is 26.2 Å². The highest BCUT2D eigenvalue weighted by Gasteiger charge is 2.31. The summed E-state index contributed by atoms with van der Waals surface area (Å²) in [6.07, 6.45) is 1.45. The number of likely N-dealkylation sites (N-methyl/N-ethyl adjacent to an activating group) is 1. The Balaban J connectivity index is 2.01. The molecule has 0 radical (unpaired) electrons. The first-order valence-corrected chi connectivity index (χ1v) is 13.1. The molecule has 1 atom stereocenters. The third-order valence-corrected chi connectivity index (χ3v) is 6.99. The van der Waals surface area contributed by atoms with Crippen LogP contribution in [0, 0.1) is 0 Å². The number of nitrogens with zero attached hydrogens (tertiary/aromatic N) is 2. The molecule has 0 unspecified atom stereocenters. The Morgan fingerprint density at radius 2 is 1.66 bits per heavy atom. The van der Waals surface area contributed by atoms with Crippen molar-refractivity contribution in [2.24, 2.45) is 0 Å². The second kappa shape index (κ2) is 11.2. The van der Waals surface area contributed by atoms with Gasteiger partial charge in [0, 0.05) is 19.0 Å². The van der Waals surface area contributed by atoms with Crippen molar-refractivity contribution in [1.29, 1.82) is 0 Å². The first kappa shape index (κ1) is 26.0. The molecule has 0 aliphatic rings. The van der Waals surface area contributed by atoms with Crippen LogP contribution in [0.2, 0.25) is 0 Å². The van der Waals surface area contributed by atoms with Crippen LogP contribution in [0.5, 0.6) is 5.75 Å². The zero-order valence-corrected chi connectivity index (χ0v) is 21.2. The van der Waals surface area contributed by atoms with E-state index in [2.05, 4.69) is 5.32 Å². The average Bonchev–Trinajstić information content (AvgIpc) is 2.86. The maximum absolute atomic E-state index is 13.7. The Hall–Kier alpha value is -3.59. The lowest BCUT2D eigenvalue weighted by molar-refractivity contribution is -0.140. The molecule has 186 valence electrons. The third kappa shape index (κ3) is 6.10. The van der Waals surface area contributed by atoms with Crippen molar-refractivity contribution in [2.45, 2.75) is 25.9 Å². The summed E-state index contributed by atoms with van der Waals surface area (Å²) in [6.45, 7) is 1.52. The van der Waals surface area contributed by atoms with E-state index in [1.54, 1.807) is 31.4 Å². The van der Waals surface area contributed by atoms with E-state index in [9.17, 15) is 18.0 Å². The molecular formula is C26H31N3O5S. The third-order valence-electron chi connectivity index (χ3n) is 5.86. The molecule has 9 heteroatoms. The number of anilines is 1.